The number of piperazine rings is 1. The van der Waals surface area contributed by atoms with Gasteiger partial charge in [-0.1, -0.05) is 54.6 Å². The predicted octanol–water partition coefficient (Wildman–Crippen LogP) is 2.71. The van der Waals surface area contributed by atoms with E-state index in [-0.39, 0.29) is 43.2 Å². The summed E-state index contributed by atoms with van der Waals surface area (Å²) in [7, 11) is 3.27. The molecule has 2 fully saturated rings. The minimum Gasteiger partial charge on any atom is -0.508 e. The van der Waals surface area contributed by atoms with Gasteiger partial charge in [0.2, 0.25) is 5.91 Å². The van der Waals surface area contributed by atoms with E-state index in [1.165, 1.54) is 22.0 Å². The number of hydrazine groups is 1. The minimum absolute atomic E-state index is 0.0110. The van der Waals surface area contributed by atoms with Crippen molar-refractivity contribution in [1.82, 2.24) is 25.1 Å². The standard InChI is InChI=1S/C29H31N5O5/c1-31-19-26(36)33-25(34(31)29(38)30-16-20-7-4-3-5-8-20)18-32(17-21-11-13-24(39-2)14-12-21)28(37)27(33)22-9-6-10-23(35)15-22/h3-15,25,27,35H,16-19H2,1-2H3,(H,30,38)/t25-,27-/m0/s1. The number of rotatable bonds is 6. The zero-order chi connectivity index (χ0) is 27.5. The van der Waals surface area contributed by atoms with Crippen molar-refractivity contribution in [1.29, 1.82) is 0 Å². The first-order valence-electron chi connectivity index (χ1n) is 12.7. The summed E-state index contributed by atoms with van der Waals surface area (Å²) >= 11 is 0. The molecule has 202 valence electrons. The quantitative estimate of drug-likeness (QED) is 0.509. The molecule has 0 saturated carbocycles. The van der Waals surface area contributed by atoms with Gasteiger partial charge in [-0.2, -0.15) is 0 Å². The predicted molar refractivity (Wildman–Crippen MR) is 143 cm³/mol. The lowest BCUT2D eigenvalue weighted by Gasteiger charge is -2.54. The second-order valence-electron chi connectivity index (χ2n) is 9.65. The van der Waals surface area contributed by atoms with Crippen LogP contribution < -0.4 is 10.1 Å². The number of fused-ring (bicyclic) bond motifs is 1. The number of phenols is 1. The molecule has 2 atom stereocenters. The van der Waals surface area contributed by atoms with Crippen LogP contribution in [0.1, 0.15) is 22.7 Å². The highest BCUT2D eigenvalue weighted by molar-refractivity contribution is 5.92. The Hall–Kier alpha value is -4.57. The Balaban J connectivity index is 1.48. The van der Waals surface area contributed by atoms with E-state index in [0.717, 1.165) is 11.1 Å². The zero-order valence-corrected chi connectivity index (χ0v) is 21.9. The number of nitrogens with one attached hydrogen (secondary N) is 1. The Morgan fingerprint density at radius 2 is 1.74 bits per heavy atom. The van der Waals surface area contributed by atoms with Crippen LogP contribution in [-0.4, -0.2) is 76.2 Å². The van der Waals surface area contributed by atoms with Crippen LogP contribution in [0, 0.1) is 0 Å². The molecule has 2 aliphatic heterocycles. The Morgan fingerprint density at radius 1 is 1.00 bits per heavy atom. The molecule has 2 saturated heterocycles. The lowest BCUT2D eigenvalue weighted by molar-refractivity contribution is -0.188. The molecule has 5 rings (SSSR count). The third kappa shape index (κ3) is 5.37. The highest BCUT2D eigenvalue weighted by Gasteiger charge is 2.51. The normalized spacial score (nSPS) is 19.6. The lowest BCUT2D eigenvalue weighted by Crippen LogP contribution is -2.73. The van der Waals surface area contributed by atoms with E-state index in [2.05, 4.69) is 5.32 Å². The summed E-state index contributed by atoms with van der Waals surface area (Å²) in [5.41, 5.74) is 2.30. The Labute approximate surface area is 226 Å². The van der Waals surface area contributed by atoms with Crippen molar-refractivity contribution < 1.29 is 24.2 Å². The molecule has 2 heterocycles. The van der Waals surface area contributed by atoms with Crippen LogP contribution in [0.3, 0.4) is 0 Å². The van der Waals surface area contributed by atoms with E-state index in [0.29, 0.717) is 17.9 Å². The van der Waals surface area contributed by atoms with Gasteiger partial charge < -0.3 is 25.0 Å². The minimum atomic E-state index is -1.00. The largest absolute Gasteiger partial charge is 0.508 e. The summed E-state index contributed by atoms with van der Waals surface area (Å²) in [5.74, 6) is 0.132. The fourth-order valence-electron chi connectivity index (χ4n) is 5.16. The van der Waals surface area contributed by atoms with E-state index < -0.39 is 12.2 Å². The van der Waals surface area contributed by atoms with Crippen LogP contribution in [-0.2, 0) is 22.7 Å². The molecule has 0 aromatic heterocycles. The number of nitrogens with zero attached hydrogens (tertiary/aromatic N) is 4. The van der Waals surface area contributed by atoms with Gasteiger partial charge in [-0.3, -0.25) is 9.59 Å². The van der Waals surface area contributed by atoms with Gasteiger partial charge in [-0.15, -0.1) is 0 Å². The number of aromatic hydroxyl groups is 1. The van der Waals surface area contributed by atoms with Crippen molar-refractivity contribution in [2.75, 3.05) is 27.2 Å². The smallest absolute Gasteiger partial charge is 0.334 e. The number of benzene rings is 3. The maximum atomic E-state index is 13.9. The highest BCUT2D eigenvalue weighted by Crippen LogP contribution is 2.36. The second-order valence-corrected chi connectivity index (χ2v) is 9.65. The fourth-order valence-corrected chi connectivity index (χ4v) is 5.16. The van der Waals surface area contributed by atoms with Crippen molar-refractivity contribution >= 4 is 17.8 Å². The molecule has 10 heteroatoms. The molecule has 0 aliphatic carbocycles. The number of likely N-dealkylation sites (N-methyl/N-ethyl adjacent to an activating group) is 1. The van der Waals surface area contributed by atoms with E-state index >= 15 is 0 Å². The van der Waals surface area contributed by atoms with Gasteiger partial charge in [-0.05, 0) is 41.0 Å². The number of hydrogen-bond donors (Lipinski definition) is 2. The maximum Gasteiger partial charge on any atom is 0.334 e. The van der Waals surface area contributed by atoms with E-state index in [1.807, 2.05) is 54.6 Å². The number of carbonyl (C=O) groups is 3. The number of carbonyl (C=O) groups excluding carboxylic acids is 3. The Morgan fingerprint density at radius 3 is 2.44 bits per heavy atom. The number of ether oxygens (including phenoxy) is 1. The number of urea groups is 1. The summed E-state index contributed by atoms with van der Waals surface area (Å²) < 4.78 is 5.25. The molecule has 0 radical (unpaired) electrons. The molecular formula is C29H31N5O5. The van der Waals surface area contributed by atoms with Crippen molar-refractivity contribution in [3.63, 3.8) is 0 Å². The molecular weight excluding hydrogens is 498 g/mol. The zero-order valence-electron chi connectivity index (χ0n) is 21.9. The molecule has 0 bridgehead atoms. The molecule has 4 amide bonds. The average molecular weight is 530 g/mol. The maximum absolute atomic E-state index is 13.9. The van der Waals surface area contributed by atoms with Crippen molar-refractivity contribution in [2.24, 2.45) is 0 Å². The van der Waals surface area contributed by atoms with Crippen LogP contribution in [0.25, 0.3) is 0 Å². The van der Waals surface area contributed by atoms with Crippen LogP contribution >= 0.6 is 0 Å². The van der Waals surface area contributed by atoms with Crippen LogP contribution in [0.4, 0.5) is 4.79 Å². The van der Waals surface area contributed by atoms with Gasteiger partial charge in [0.15, 0.2) is 0 Å². The molecule has 2 N–H and O–H groups in total. The van der Waals surface area contributed by atoms with Crippen LogP contribution in [0.15, 0.2) is 78.9 Å². The van der Waals surface area contributed by atoms with E-state index in [4.69, 9.17) is 4.74 Å². The molecule has 2 aliphatic rings. The van der Waals surface area contributed by atoms with Crippen molar-refractivity contribution in [3.8, 4) is 11.5 Å². The first-order chi connectivity index (χ1) is 18.9. The van der Waals surface area contributed by atoms with Gasteiger partial charge in [0.1, 0.15) is 23.7 Å². The number of amides is 4. The Kier molecular flexibility index (Phi) is 7.38. The number of phenolic OH excluding ortho intramolecular Hbond substituents is 1. The Bertz CT molecular complexity index is 1350. The molecule has 0 spiro atoms. The van der Waals surface area contributed by atoms with Gasteiger partial charge in [0.25, 0.3) is 5.91 Å². The van der Waals surface area contributed by atoms with Crippen molar-refractivity contribution in [3.05, 3.63) is 95.6 Å². The number of hydrogen-bond acceptors (Lipinski definition) is 6. The summed E-state index contributed by atoms with van der Waals surface area (Å²) in [6, 6.07) is 21.9. The fraction of sp³-hybridized carbons (Fsp3) is 0.276. The lowest BCUT2D eigenvalue weighted by atomic mass is 9.98. The molecule has 10 nitrogen and oxygen atoms in total. The first-order valence-corrected chi connectivity index (χ1v) is 12.7. The molecule has 3 aromatic carbocycles. The van der Waals surface area contributed by atoms with Gasteiger partial charge >= 0.3 is 6.03 Å². The van der Waals surface area contributed by atoms with Gasteiger partial charge in [0, 0.05) is 20.1 Å². The van der Waals surface area contributed by atoms with Crippen molar-refractivity contribution in [2.45, 2.75) is 25.3 Å². The summed E-state index contributed by atoms with van der Waals surface area (Å²) in [6.07, 6.45) is -0.754. The first kappa shape index (κ1) is 26.1. The van der Waals surface area contributed by atoms with Gasteiger partial charge in [0.05, 0.1) is 20.2 Å². The SMILES string of the molecule is COc1ccc(CN2C[C@H]3N(C(=O)CN(C)N3C(=O)NCc3ccccc3)[C@@H](c3cccc(O)c3)C2=O)cc1. The number of methoxy groups -OCH3 is 1. The summed E-state index contributed by atoms with van der Waals surface area (Å²) in [5, 5.41) is 16.2. The second kappa shape index (κ2) is 11.0. The molecule has 0 unspecified atom stereocenters. The third-order valence-corrected chi connectivity index (χ3v) is 7.04. The summed E-state index contributed by atoms with van der Waals surface area (Å²) in [6.45, 7) is 0.639. The third-order valence-electron chi connectivity index (χ3n) is 7.04. The monoisotopic (exact) mass is 529 g/mol. The van der Waals surface area contributed by atoms with Gasteiger partial charge in [-0.25, -0.2) is 14.8 Å². The topological polar surface area (TPSA) is 106 Å². The van der Waals surface area contributed by atoms with Crippen LogP contribution in [0.5, 0.6) is 11.5 Å². The average Bonchev–Trinajstić information content (AvgIpc) is 2.93. The van der Waals surface area contributed by atoms with E-state index in [1.54, 1.807) is 36.2 Å². The summed E-state index contributed by atoms with van der Waals surface area (Å²) in [4.78, 5) is 44.0. The molecule has 39 heavy (non-hydrogen) atoms. The van der Waals surface area contributed by atoms with E-state index in [9.17, 15) is 19.5 Å². The molecule has 3 aromatic rings. The van der Waals surface area contributed by atoms with Crippen LogP contribution in [0.2, 0.25) is 0 Å². The highest BCUT2D eigenvalue weighted by atomic mass is 16.5.